The summed E-state index contributed by atoms with van der Waals surface area (Å²) in [7, 11) is 2.25. The van der Waals surface area contributed by atoms with Crippen LogP contribution in [0, 0.1) is 5.41 Å². The fourth-order valence-corrected chi connectivity index (χ4v) is 4.26. The Labute approximate surface area is 102 Å². The highest BCUT2D eigenvalue weighted by Gasteiger charge is 2.45. The molecular formula is C13H20N2S. The highest BCUT2D eigenvalue weighted by atomic mass is 32.1. The summed E-state index contributed by atoms with van der Waals surface area (Å²) in [6.07, 6.45) is 2.72. The van der Waals surface area contributed by atoms with Gasteiger partial charge in [0.05, 0.1) is 0 Å². The summed E-state index contributed by atoms with van der Waals surface area (Å²) < 4.78 is 0. The van der Waals surface area contributed by atoms with E-state index in [9.17, 15) is 0 Å². The molecule has 1 spiro atoms. The van der Waals surface area contributed by atoms with Gasteiger partial charge in [0.25, 0.3) is 0 Å². The van der Waals surface area contributed by atoms with Gasteiger partial charge in [0, 0.05) is 23.9 Å². The normalized spacial score (nSPS) is 29.9. The highest BCUT2D eigenvalue weighted by Crippen LogP contribution is 2.47. The SMILES string of the molecule is CN1CCC2(CC1)CNCC2c1cccs1. The summed E-state index contributed by atoms with van der Waals surface area (Å²) in [5, 5.41) is 5.84. The molecular weight excluding hydrogens is 216 g/mol. The quantitative estimate of drug-likeness (QED) is 0.804. The van der Waals surface area contributed by atoms with Crippen molar-refractivity contribution >= 4 is 11.3 Å². The van der Waals surface area contributed by atoms with E-state index in [-0.39, 0.29) is 0 Å². The standard InChI is InChI=1S/C13H20N2S/c1-15-6-4-13(5-7-15)10-14-9-11(13)12-3-2-8-16-12/h2-3,8,11,14H,4-7,9-10H2,1H3. The van der Waals surface area contributed by atoms with Gasteiger partial charge in [-0.3, -0.25) is 0 Å². The molecule has 3 heterocycles. The molecule has 0 aliphatic carbocycles. The van der Waals surface area contributed by atoms with Crippen LogP contribution in [0.3, 0.4) is 0 Å². The average Bonchev–Trinajstić information content (AvgIpc) is 2.92. The Bertz CT molecular complexity index is 339. The lowest BCUT2D eigenvalue weighted by Crippen LogP contribution is -2.41. The zero-order valence-electron chi connectivity index (χ0n) is 9.91. The number of piperidine rings is 1. The molecule has 1 unspecified atom stereocenters. The smallest absolute Gasteiger partial charge is 0.0127 e. The number of nitrogens with zero attached hydrogens (tertiary/aromatic N) is 1. The van der Waals surface area contributed by atoms with E-state index in [2.05, 4.69) is 34.8 Å². The molecule has 2 nitrogen and oxygen atoms in total. The number of nitrogens with one attached hydrogen (secondary N) is 1. The van der Waals surface area contributed by atoms with Crippen LogP contribution in [0.5, 0.6) is 0 Å². The molecule has 16 heavy (non-hydrogen) atoms. The van der Waals surface area contributed by atoms with Crippen molar-refractivity contribution in [2.24, 2.45) is 5.41 Å². The molecule has 1 aromatic rings. The van der Waals surface area contributed by atoms with Gasteiger partial charge in [0.15, 0.2) is 0 Å². The molecule has 0 bridgehead atoms. The predicted octanol–water partition coefficient (Wildman–Crippen LogP) is 2.15. The Morgan fingerprint density at radius 1 is 1.44 bits per heavy atom. The van der Waals surface area contributed by atoms with Crippen molar-refractivity contribution in [1.82, 2.24) is 10.2 Å². The maximum atomic E-state index is 3.62. The highest BCUT2D eigenvalue weighted by molar-refractivity contribution is 7.10. The molecule has 0 radical (unpaired) electrons. The van der Waals surface area contributed by atoms with Crippen molar-refractivity contribution in [3.05, 3.63) is 22.4 Å². The van der Waals surface area contributed by atoms with Crippen molar-refractivity contribution in [1.29, 1.82) is 0 Å². The van der Waals surface area contributed by atoms with Crippen LogP contribution in [-0.2, 0) is 0 Å². The van der Waals surface area contributed by atoms with Crippen LogP contribution in [0.15, 0.2) is 17.5 Å². The third-order valence-electron chi connectivity index (χ3n) is 4.43. The first-order valence-electron chi connectivity index (χ1n) is 6.23. The van der Waals surface area contributed by atoms with Gasteiger partial charge < -0.3 is 10.2 Å². The van der Waals surface area contributed by atoms with Crippen molar-refractivity contribution in [3.8, 4) is 0 Å². The minimum Gasteiger partial charge on any atom is -0.315 e. The summed E-state index contributed by atoms with van der Waals surface area (Å²) >= 11 is 1.93. The monoisotopic (exact) mass is 236 g/mol. The molecule has 2 aliphatic heterocycles. The number of likely N-dealkylation sites (tertiary alicyclic amines) is 1. The predicted molar refractivity (Wildman–Crippen MR) is 69.1 cm³/mol. The molecule has 2 aliphatic rings. The first-order valence-corrected chi connectivity index (χ1v) is 7.11. The number of hydrogen-bond donors (Lipinski definition) is 1. The fraction of sp³-hybridized carbons (Fsp3) is 0.692. The Kier molecular flexibility index (Phi) is 2.78. The minimum atomic E-state index is 0.553. The molecule has 1 N–H and O–H groups in total. The molecule has 0 saturated carbocycles. The Hall–Kier alpha value is -0.380. The second kappa shape index (κ2) is 4.13. The lowest BCUT2D eigenvalue weighted by atomic mass is 9.70. The van der Waals surface area contributed by atoms with E-state index in [1.54, 1.807) is 4.88 Å². The average molecular weight is 236 g/mol. The minimum absolute atomic E-state index is 0.553. The summed E-state index contributed by atoms with van der Waals surface area (Å²) in [6, 6.07) is 4.52. The van der Waals surface area contributed by atoms with Gasteiger partial charge in [-0.25, -0.2) is 0 Å². The Balaban J connectivity index is 1.83. The number of hydrogen-bond acceptors (Lipinski definition) is 3. The molecule has 1 atom stereocenters. The Morgan fingerprint density at radius 3 is 2.94 bits per heavy atom. The lowest BCUT2D eigenvalue weighted by molar-refractivity contribution is 0.125. The van der Waals surface area contributed by atoms with E-state index in [4.69, 9.17) is 0 Å². The zero-order chi connectivity index (χ0) is 11.0. The van der Waals surface area contributed by atoms with Crippen LogP contribution < -0.4 is 5.32 Å². The first kappa shape index (κ1) is 10.8. The topological polar surface area (TPSA) is 15.3 Å². The molecule has 3 rings (SSSR count). The maximum absolute atomic E-state index is 3.62. The van der Waals surface area contributed by atoms with Crippen molar-refractivity contribution in [3.63, 3.8) is 0 Å². The van der Waals surface area contributed by atoms with E-state index < -0.39 is 0 Å². The van der Waals surface area contributed by atoms with Crippen LogP contribution in [0.1, 0.15) is 23.6 Å². The van der Waals surface area contributed by atoms with E-state index in [1.807, 2.05) is 11.3 Å². The molecule has 2 saturated heterocycles. The first-order chi connectivity index (χ1) is 7.80. The van der Waals surface area contributed by atoms with Gasteiger partial charge >= 0.3 is 0 Å². The van der Waals surface area contributed by atoms with Crippen LogP contribution in [0.4, 0.5) is 0 Å². The molecule has 2 fully saturated rings. The lowest BCUT2D eigenvalue weighted by Gasteiger charge is -2.41. The Morgan fingerprint density at radius 2 is 2.25 bits per heavy atom. The van der Waals surface area contributed by atoms with E-state index in [0.29, 0.717) is 5.41 Å². The van der Waals surface area contributed by atoms with Gasteiger partial charge in [0.2, 0.25) is 0 Å². The molecule has 0 aromatic carbocycles. The summed E-state index contributed by atoms with van der Waals surface area (Å²) in [5.41, 5.74) is 0.553. The van der Waals surface area contributed by atoms with Gasteiger partial charge in [-0.2, -0.15) is 0 Å². The fourth-order valence-electron chi connectivity index (χ4n) is 3.29. The van der Waals surface area contributed by atoms with Crippen molar-refractivity contribution in [2.45, 2.75) is 18.8 Å². The summed E-state index contributed by atoms with van der Waals surface area (Å²) in [5.74, 6) is 0.765. The largest absolute Gasteiger partial charge is 0.315 e. The maximum Gasteiger partial charge on any atom is 0.0127 e. The second-order valence-electron chi connectivity index (χ2n) is 5.36. The second-order valence-corrected chi connectivity index (χ2v) is 6.34. The van der Waals surface area contributed by atoms with E-state index >= 15 is 0 Å². The molecule has 0 amide bonds. The van der Waals surface area contributed by atoms with Crippen LogP contribution in [-0.4, -0.2) is 38.1 Å². The van der Waals surface area contributed by atoms with Crippen LogP contribution in [0.2, 0.25) is 0 Å². The third kappa shape index (κ3) is 1.71. The number of thiophene rings is 1. The van der Waals surface area contributed by atoms with E-state index in [0.717, 1.165) is 5.92 Å². The summed E-state index contributed by atoms with van der Waals surface area (Å²) in [6.45, 7) is 4.95. The molecule has 1 aromatic heterocycles. The van der Waals surface area contributed by atoms with Crippen LogP contribution >= 0.6 is 11.3 Å². The van der Waals surface area contributed by atoms with Gasteiger partial charge in [-0.05, 0) is 49.8 Å². The van der Waals surface area contributed by atoms with Crippen LogP contribution in [0.25, 0.3) is 0 Å². The zero-order valence-corrected chi connectivity index (χ0v) is 10.7. The van der Waals surface area contributed by atoms with Gasteiger partial charge in [-0.15, -0.1) is 11.3 Å². The number of rotatable bonds is 1. The van der Waals surface area contributed by atoms with Gasteiger partial charge in [0.1, 0.15) is 0 Å². The van der Waals surface area contributed by atoms with Gasteiger partial charge in [-0.1, -0.05) is 6.07 Å². The summed E-state index contributed by atoms with van der Waals surface area (Å²) in [4.78, 5) is 4.06. The molecule has 88 valence electrons. The third-order valence-corrected chi connectivity index (χ3v) is 5.42. The van der Waals surface area contributed by atoms with Crippen molar-refractivity contribution in [2.75, 3.05) is 33.2 Å². The van der Waals surface area contributed by atoms with E-state index in [1.165, 1.54) is 39.0 Å². The van der Waals surface area contributed by atoms with Crippen molar-refractivity contribution < 1.29 is 0 Å². The molecule has 3 heteroatoms.